The minimum atomic E-state index is -4.53. The van der Waals surface area contributed by atoms with Gasteiger partial charge in [0.15, 0.2) is 0 Å². The van der Waals surface area contributed by atoms with Crippen LogP contribution in [-0.2, 0) is 24.1 Å². The number of rotatable bonds is 10. The van der Waals surface area contributed by atoms with Gasteiger partial charge in [0.2, 0.25) is 5.91 Å². The second-order valence-electron chi connectivity index (χ2n) is 10.5. The molecule has 1 amide bonds. The van der Waals surface area contributed by atoms with E-state index in [0.29, 0.717) is 19.7 Å². The number of halogens is 3. The smallest absolute Gasteiger partial charge is 0.418 e. The molecular weight excluding hydrogens is 495 g/mol. The Balaban J connectivity index is 1.28. The zero-order chi connectivity index (χ0) is 26.5. The van der Waals surface area contributed by atoms with Crippen molar-refractivity contribution in [1.29, 1.82) is 0 Å². The summed E-state index contributed by atoms with van der Waals surface area (Å²) in [5, 5.41) is 3.22. The predicted octanol–water partition coefficient (Wildman–Crippen LogP) is 4.24. The van der Waals surface area contributed by atoms with E-state index in [-0.39, 0.29) is 24.7 Å². The largest absolute Gasteiger partial charge is 0.490 e. The van der Waals surface area contributed by atoms with Crippen LogP contribution in [0.25, 0.3) is 0 Å². The number of carbonyl (C=O) groups excluding carboxylic acids is 1. The van der Waals surface area contributed by atoms with E-state index >= 15 is 0 Å². The fourth-order valence-electron chi connectivity index (χ4n) is 5.28. The first-order valence-corrected chi connectivity index (χ1v) is 13.6. The third kappa shape index (κ3) is 6.96. The number of amides is 1. The minimum Gasteiger partial charge on any atom is -0.490 e. The number of nitrogens with one attached hydrogen (secondary N) is 1. The number of pyridine rings is 1. The van der Waals surface area contributed by atoms with Crippen LogP contribution in [0.1, 0.15) is 42.5 Å². The molecule has 5 rings (SSSR count). The number of likely N-dealkylation sites (tertiary alicyclic amines) is 1. The number of anilines is 1. The molecule has 0 spiro atoms. The van der Waals surface area contributed by atoms with E-state index in [2.05, 4.69) is 26.2 Å². The van der Waals surface area contributed by atoms with E-state index < -0.39 is 11.7 Å². The Morgan fingerprint density at radius 1 is 1.11 bits per heavy atom. The van der Waals surface area contributed by atoms with Crippen molar-refractivity contribution in [2.75, 3.05) is 57.7 Å². The molecule has 38 heavy (non-hydrogen) atoms. The van der Waals surface area contributed by atoms with Gasteiger partial charge in [0.25, 0.3) is 0 Å². The molecule has 7 nitrogen and oxygen atoms in total. The summed E-state index contributed by atoms with van der Waals surface area (Å²) in [5.74, 6) is 1.27. The second-order valence-corrected chi connectivity index (χ2v) is 10.5. The lowest BCUT2D eigenvalue weighted by Gasteiger charge is -2.27. The van der Waals surface area contributed by atoms with Crippen LogP contribution in [0, 0.1) is 5.92 Å². The molecule has 3 heterocycles. The molecule has 1 aromatic carbocycles. The number of fused-ring (bicyclic) bond motifs is 1. The lowest BCUT2D eigenvalue weighted by Crippen LogP contribution is -2.40. The maximum atomic E-state index is 13.6. The SMILES string of the molecule is O=C(CNc1cccc2c1OCCN(CC1CC1)C2)N(CCN1CCCC1)Cc1ncccc1C(F)(F)F. The van der Waals surface area contributed by atoms with Gasteiger partial charge >= 0.3 is 6.18 Å². The molecule has 206 valence electrons. The quantitative estimate of drug-likeness (QED) is 0.495. The summed E-state index contributed by atoms with van der Waals surface area (Å²) < 4.78 is 46.9. The summed E-state index contributed by atoms with van der Waals surface area (Å²) >= 11 is 0. The van der Waals surface area contributed by atoms with Gasteiger partial charge in [-0.25, -0.2) is 0 Å². The summed E-state index contributed by atoms with van der Waals surface area (Å²) in [5.41, 5.74) is 0.874. The van der Waals surface area contributed by atoms with Crippen LogP contribution in [0.4, 0.5) is 18.9 Å². The summed E-state index contributed by atoms with van der Waals surface area (Å²) in [7, 11) is 0. The number of nitrogens with zero attached hydrogens (tertiary/aromatic N) is 4. The van der Waals surface area contributed by atoms with E-state index in [1.54, 1.807) is 0 Å². The van der Waals surface area contributed by atoms with Crippen molar-refractivity contribution in [1.82, 2.24) is 19.7 Å². The number of para-hydroxylation sites is 1. The van der Waals surface area contributed by atoms with Crippen molar-refractivity contribution in [2.45, 2.75) is 44.9 Å². The van der Waals surface area contributed by atoms with Crippen LogP contribution < -0.4 is 10.1 Å². The number of aromatic nitrogens is 1. The topological polar surface area (TPSA) is 60.9 Å². The Hall–Kier alpha value is -2.85. The Labute approximate surface area is 221 Å². The Kier molecular flexibility index (Phi) is 8.38. The average Bonchev–Trinajstić information content (AvgIpc) is 3.61. The van der Waals surface area contributed by atoms with E-state index in [4.69, 9.17) is 4.74 Å². The zero-order valence-corrected chi connectivity index (χ0v) is 21.7. The number of carbonyl (C=O) groups is 1. The molecule has 3 aliphatic rings. The maximum Gasteiger partial charge on any atom is 0.418 e. The highest BCUT2D eigenvalue weighted by molar-refractivity contribution is 5.81. The van der Waals surface area contributed by atoms with E-state index in [0.717, 1.165) is 74.6 Å². The molecule has 10 heteroatoms. The summed E-state index contributed by atoms with van der Waals surface area (Å²) in [6.07, 6.45) is 1.61. The number of alkyl halides is 3. The van der Waals surface area contributed by atoms with Gasteiger partial charge in [-0.3, -0.25) is 14.7 Å². The Bertz CT molecular complexity index is 1100. The Morgan fingerprint density at radius 3 is 2.68 bits per heavy atom. The van der Waals surface area contributed by atoms with Gasteiger partial charge in [0.1, 0.15) is 12.4 Å². The highest BCUT2D eigenvalue weighted by Crippen LogP contribution is 2.35. The van der Waals surface area contributed by atoms with Crippen LogP contribution in [0.3, 0.4) is 0 Å². The fourth-order valence-corrected chi connectivity index (χ4v) is 5.28. The van der Waals surface area contributed by atoms with Crippen LogP contribution in [0.15, 0.2) is 36.5 Å². The molecule has 0 radical (unpaired) electrons. The Morgan fingerprint density at radius 2 is 1.92 bits per heavy atom. The first-order valence-electron chi connectivity index (χ1n) is 13.6. The molecule has 1 aromatic heterocycles. The van der Waals surface area contributed by atoms with Crippen molar-refractivity contribution in [3.63, 3.8) is 0 Å². The molecule has 2 aromatic rings. The van der Waals surface area contributed by atoms with E-state index in [1.165, 1.54) is 30.0 Å². The lowest BCUT2D eigenvalue weighted by atomic mass is 10.1. The molecule has 2 aliphatic heterocycles. The van der Waals surface area contributed by atoms with E-state index in [1.807, 2.05) is 12.1 Å². The number of benzene rings is 1. The van der Waals surface area contributed by atoms with E-state index in [9.17, 15) is 18.0 Å². The molecule has 0 unspecified atom stereocenters. The highest BCUT2D eigenvalue weighted by Gasteiger charge is 2.35. The van der Waals surface area contributed by atoms with Crippen molar-refractivity contribution in [3.05, 3.63) is 53.3 Å². The molecule has 1 saturated carbocycles. The number of hydrogen-bond donors (Lipinski definition) is 1. The minimum absolute atomic E-state index is 0.0419. The van der Waals surface area contributed by atoms with Crippen LogP contribution in [0.5, 0.6) is 5.75 Å². The molecule has 1 aliphatic carbocycles. The first kappa shape index (κ1) is 26.7. The summed E-state index contributed by atoms with van der Waals surface area (Å²) in [4.78, 5) is 23.5. The monoisotopic (exact) mass is 531 g/mol. The third-order valence-electron chi connectivity index (χ3n) is 7.56. The van der Waals surface area contributed by atoms with Crippen LogP contribution in [0.2, 0.25) is 0 Å². The maximum absolute atomic E-state index is 13.6. The van der Waals surface area contributed by atoms with Gasteiger partial charge in [-0.2, -0.15) is 13.2 Å². The molecular formula is C28H36F3N5O2. The molecule has 1 saturated heterocycles. The van der Waals surface area contributed by atoms with Crippen molar-refractivity contribution < 1.29 is 22.7 Å². The lowest BCUT2D eigenvalue weighted by molar-refractivity contribution is -0.140. The summed E-state index contributed by atoms with van der Waals surface area (Å²) in [6, 6.07) is 8.18. The predicted molar refractivity (Wildman–Crippen MR) is 139 cm³/mol. The van der Waals surface area contributed by atoms with Gasteiger partial charge in [-0.05, 0) is 62.9 Å². The van der Waals surface area contributed by atoms with Gasteiger partial charge in [-0.1, -0.05) is 12.1 Å². The second kappa shape index (κ2) is 11.9. The molecule has 0 atom stereocenters. The van der Waals surface area contributed by atoms with Crippen LogP contribution >= 0.6 is 0 Å². The van der Waals surface area contributed by atoms with Crippen LogP contribution in [-0.4, -0.2) is 78.0 Å². The third-order valence-corrected chi connectivity index (χ3v) is 7.56. The normalized spacial score (nSPS) is 18.5. The molecule has 2 fully saturated rings. The zero-order valence-electron chi connectivity index (χ0n) is 21.7. The van der Waals surface area contributed by atoms with Gasteiger partial charge in [0.05, 0.1) is 30.0 Å². The van der Waals surface area contributed by atoms with Gasteiger partial charge in [0, 0.05) is 44.5 Å². The fraction of sp³-hybridized carbons (Fsp3) is 0.571. The molecule has 1 N–H and O–H groups in total. The number of ether oxygens (including phenoxy) is 1. The van der Waals surface area contributed by atoms with Crippen molar-refractivity contribution >= 4 is 11.6 Å². The summed E-state index contributed by atoms with van der Waals surface area (Å²) in [6.45, 7) is 5.95. The van der Waals surface area contributed by atoms with Crippen molar-refractivity contribution in [3.8, 4) is 5.75 Å². The number of hydrogen-bond acceptors (Lipinski definition) is 6. The van der Waals surface area contributed by atoms with Crippen molar-refractivity contribution in [2.24, 2.45) is 5.92 Å². The van der Waals surface area contributed by atoms with Gasteiger partial charge in [-0.15, -0.1) is 0 Å². The first-order chi connectivity index (χ1) is 18.4. The standard InChI is InChI=1S/C28H36F3N5O2/c29-28(30,31)23-6-4-10-32-25(23)20-36(14-13-34-11-1-2-12-34)26(37)17-33-24-7-3-5-22-19-35(18-21-8-9-21)15-16-38-27(22)24/h3-7,10,21,33H,1-2,8-9,11-20H2. The van der Waals surface area contributed by atoms with Gasteiger partial charge < -0.3 is 19.9 Å². The average molecular weight is 532 g/mol. The highest BCUT2D eigenvalue weighted by atomic mass is 19.4. The molecule has 0 bridgehead atoms.